The second kappa shape index (κ2) is 9.33. The summed E-state index contributed by atoms with van der Waals surface area (Å²) in [5.74, 6) is -0.131. The van der Waals surface area contributed by atoms with Gasteiger partial charge in [0.15, 0.2) is 0 Å². The summed E-state index contributed by atoms with van der Waals surface area (Å²) >= 11 is 2.95. The van der Waals surface area contributed by atoms with Crippen LogP contribution in [0.5, 0.6) is 0 Å². The van der Waals surface area contributed by atoms with E-state index in [1.807, 2.05) is 6.07 Å². The first-order valence-electron chi connectivity index (χ1n) is 8.34. The molecule has 134 valence electrons. The van der Waals surface area contributed by atoms with Gasteiger partial charge in [0, 0.05) is 4.90 Å². The molecule has 1 fully saturated rings. The van der Waals surface area contributed by atoms with Gasteiger partial charge in [-0.25, -0.2) is 4.39 Å². The number of hydrogen-bond donors (Lipinski definition) is 2. The molecule has 0 spiro atoms. The molecule has 0 unspecified atom stereocenters. The molecule has 2 N–H and O–H groups in total. The average molecular weight is 382 g/mol. The van der Waals surface area contributed by atoms with E-state index < -0.39 is 0 Å². The minimum absolute atomic E-state index is 0.0672. The lowest BCUT2D eigenvalue weighted by atomic mass is 10.2. The van der Waals surface area contributed by atoms with E-state index in [1.165, 1.54) is 27.6 Å². The number of benzene rings is 1. The van der Waals surface area contributed by atoms with Crippen LogP contribution in [0.2, 0.25) is 0 Å². The fraction of sp³-hybridized carbons (Fsp3) is 0.389. The molecule has 2 aromatic rings. The quantitative estimate of drug-likeness (QED) is 0.718. The highest BCUT2D eigenvalue weighted by molar-refractivity contribution is 8.00. The molecule has 1 aliphatic rings. The Bertz CT molecular complexity index is 675. The van der Waals surface area contributed by atoms with Crippen LogP contribution in [-0.4, -0.2) is 44.5 Å². The first-order valence-corrected chi connectivity index (χ1v) is 10.2. The number of morpholine rings is 1. The smallest absolute Gasteiger partial charge is 0.230 e. The van der Waals surface area contributed by atoms with Gasteiger partial charge >= 0.3 is 0 Å². The maximum Gasteiger partial charge on any atom is 0.230 e. The van der Waals surface area contributed by atoms with Gasteiger partial charge in [-0.2, -0.15) is 0 Å². The number of halogens is 1. The fourth-order valence-corrected chi connectivity index (χ4v) is 4.54. The van der Waals surface area contributed by atoms with Crippen molar-refractivity contribution in [2.45, 2.75) is 10.9 Å². The van der Waals surface area contributed by atoms with Crippen molar-refractivity contribution >= 4 is 29.0 Å². The molecule has 0 saturated carbocycles. The Morgan fingerprint density at radius 2 is 2.08 bits per heavy atom. The van der Waals surface area contributed by atoms with Crippen LogP contribution in [0.4, 0.5) is 4.39 Å². The number of amides is 1. The Morgan fingerprint density at radius 1 is 1.28 bits per heavy atom. The number of carbonyl (C=O) groups is 1. The predicted molar refractivity (Wildman–Crippen MR) is 98.7 cm³/mol. The van der Waals surface area contributed by atoms with Crippen molar-refractivity contribution in [1.82, 2.24) is 5.32 Å². The third-order valence-electron chi connectivity index (χ3n) is 4.21. The highest BCUT2D eigenvalue weighted by atomic mass is 32.2. The van der Waals surface area contributed by atoms with Crippen molar-refractivity contribution in [2.75, 3.05) is 38.6 Å². The van der Waals surface area contributed by atoms with Crippen molar-refractivity contribution in [3.63, 3.8) is 0 Å². The lowest BCUT2D eigenvalue weighted by Crippen LogP contribution is -3.15. The third kappa shape index (κ3) is 5.28. The van der Waals surface area contributed by atoms with Crippen LogP contribution >= 0.6 is 23.1 Å². The second-order valence-electron chi connectivity index (χ2n) is 5.86. The number of thiophene rings is 1. The summed E-state index contributed by atoms with van der Waals surface area (Å²) in [6.45, 7) is 4.00. The zero-order valence-corrected chi connectivity index (χ0v) is 15.5. The van der Waals surface area contributed by atoms with Crippen LogP contribution < -0.4 is 10.2 Å². The normalized spacial score (nSPS) is 16.5. The largest absolute Gasteiger partial charge is 0.370 e. The molecule has 25 heavy (non-hydrogen) atoms. The van der Waals surface area contributed by atoms with E-state index in [2.05, 4.69) is 16.8 Å². The molecule has 1 atom stereocenters. The molecule has 1 saturated heterocycles. The summed E-state index contributed by atoms with van der Waals surface area (Å²) in [5, 5.41) is 5.09. The Labute approximate surface area is 155 Å². The van der Waals surface area contributed by atoms with Crippen LogP contribution in [0.3, 0.4) is 0 Å². The van der Waals surface area contributed by atoms with Crippen molar-refractivity contribution < 1.29 is 18.8 Å². The van der Waals surface area contributed by atoms with Gasteiger partial charge in [-0.05, 0) is 23.6 Å². The summed E-state index contributed by atoms with van der Waals surface area (Å²) in [5.41, 5.74) is 0. The number of hydrogen-bond acceptors (Lipinski definition) is 4. The van der Waals surface area contributed by atoms with Crippen LogP contribution in [0.15, 0.2) is 46.7 Å². The Kier molecular flexibility index (Phi) is 6.86. The van der Waals surface area contributed by atoms with E-state index in [4.69, 9.17) is 4.74 Å². The third-order valence-corrected chi connectivity index (χ3v) is 6.25. The Hall–Kier alpha value is -1.41. The number of carbonyl (C=O) groups excluding carboxylic acids is 1. The monoisotopic (exact) mass is 381 g/mol. The molecule has 4 nitrogen and oxygen atoms in total. The van der Waals surface area contributed by atoms with Gasteiger partial charge in [0.25, 0.3) is 0 Å². The molecule has 3 rings (SSSR count). The average Bonchev–Trinajstić information content (AvgIpc) is 3.16. The topological polar surface area (TPSA) is 42.8 Å². The van der Waals surface area contributed by atoms with Crippen molar-refractivity contribution in [3.8, 4) is 0 Å². The number of ether oxygens (including phenoxy) is 1. The van der Waals surface area contributed by atoms with E-state index in [9.17, 15) is 9.18 Å². The number of thioether (sulfide) groups is 1. The van der Waals surface area contributed by atoms with Gasteiger partial charge in [0.2, 0.25) is 5.91 Å². The SMILES string of the molecule is O=C(CSc1ccccc1F)NC[C@H](c1cccs1)[NH+]1CCOCC1. The summed E-state index contributed by atoms with van der Waals surface area (Å²) in [6, 6.07) is 10.9. The molecule has 1 amide bonds. The van der Waals surface area contributed by atoms with Crippen LogP contribution in [0, 0.1) is 5.82 Å². The zero-order chi connectivity index (χ0) is 17.5. The predicted octanol–water partition coefficient (Wildman–Crippen LogP) is 1.75. The maximum absolute atomic E-state index is 13.6. The van der Waals surface area contributed by atoms with E-state index in [1.54, 1.807) is 29.5 Å². The lowest BCUT2D eigenvalue weighted by Gasteiger charge is -2.31. The molecule has 2 heterocycles. The summed E-state index contributed by atoms with van der Waals surface area (Å²) in [6.07, 6.45) is 0. The van der Waals surface area contributed by atoms with Crippen LogP contribution in [0.1, 0.15) is 10.9 Å². The van der Waals surface area contributed by atoms with Crippen molar-refractivity contribution in [2.24, 2.45) is 0 Å². The lowest BCUT2D eigenvalue weighted by molar-refractivity contribution is -0.937. The molecule has 1 aromatic heterocycles. The number of nitrogens with one attached hydrogen (secondary N) is 2. The molecule has 7 heteroatoms. The Balaban J connectivity index is 1.53. The molecule has 1 aliphatic heterocycles. The van der Waals surface area contributed by atoms with Gasteiger partial charge < -0.3 is 15.0 Å². The van der Waals surface area contributed by atoms with Gasteiger partial charge in [-0.15, -0.1) is 23.1 Å². The molecule has 0 bridgehead atoms. The first kappa shape index (κ1) is 18.4. The van der Waals surface area contributed by atoms with Gasteiger partial charge in [-0.1, -0.05) is 18.2 Å². The van der Waals surface area contributed by atoms with E-state index in [0.717, 1.165) is 26.3 Å². The molecular formula is C18H22FN2O2S2+. The van der Waals surface area contributed by atoms with Gasteiger partial charge in [0.05, 0.1) is 30.4 Å². The summed E-state index contributed by atoms with van der Waals surface area (Å²) in [4.78, 5) is 15.4. The van der Waals surface area contributed by atoms with Crippen LogP contribution in [0.25, 0.3) is 0 Å². The molecule has 0 aliphatic carbocycles. The van der Waals surface area contributed by atoms with Gasteiger partial charge in [0.1, 0.15) is 24.9 Å². The molecule has 0 radical (unpaired) electrons. The second-order valence-corrected chi connectivity index (χ2v) is 7.86. The summed E-state index contributed by atoms with van der Waals surface area (Å²) < 4.78 is 19.1. The zero-order valence-electron chi connectivity index (χ0n) is 13.9. The van der Waals surface area contributed by atoms with E-state index >= 15 is 0 Å². The molecule has 1 aromatic carbocycles. The minimum atomic E-state index is -0.283. The highest BCUT2D eigenvalue weighted by Gasteiger charge is 2.27. The van der Waals surface area contributed by atoms with E-state index in [0.29, 0.717) is 11.4 Å². The first-order chi connectivity index (χ1) is 12.2. The van der Waals surface area contributed by atoms with Gasteiger partial charge in [-0.3, -0.25) is 4.79 Å². The standard InChI is InChI=1S/C18H21FN2O2S2/c19-14-4-1-2-5-16(14)25-13-18(22)20-12-15(17-6-3-11-24-17)21-7-9-23-10-8-21/h1-6,11,15H,7-10,12-13H2,(H,20,22)/p+1/t15-/m1/s1. The Morgan fingerprint density at radius 3 is 2.80 bits per heavy atom. The van der Waals surface area contributed by atoms with Crippen molar-refractivity contribution in [1.29, 1.82) is 0 Å². The number of quaternary nitrogens is 1. The van der Waals surface area contributed by atoms with Crippen molar-refractivity contribution in [3.05, 3.63) is 52.5 Å². The number of rotatable bonds is 7. The van der Waals surface area contributed by atoms with Crippen LogP contribution in [-0.2, 0) is 9.53 Å². The maximum atomic E-state index is 13.6. The fourth-order valence-electron chi connectivity index (χ4n) is 2.89. The molecular weight excluding hydrogens is 359 g/mol. The van der Waals surface area contributed by atoms with E-state index in [-0.39, 0.29) is 23.5 Å². The highest BCUT2D eigenvalue weighted by Crippen LogP contribution is 2.21. The summed E-state index contributed by atoms with van der Waals surface area (Å²) in [7, 11) is 0. The minimum Gasteiger partial charge on any atom is -0.370 e.